The minimum Gasteiger partial charge on any atom is -0.356 e. The van der Waals surface area contributed by atoms with Crippen LogP contribution in [0.5, 0.6) is 0 Å². The van der Waals surface area contributed by atoms with Crippen LogP contribution in [-0.4, -0.2) is 31.8 Å². The molecule has 3 heterocycles. The molecule has 0 saturated carbocycles. The molecule has 4 rings (SSSR count). The van der Waals surface area contributed by atoms with Gasteiger partial charge in [-0.05, 0) is 30.4 Å². The topological polar surface area (TPSA) is 64.7 Å². The summed E-state index contributed by atoms with van der Waals surface area (Å²) in [5, 5.41) is 12.9. The van der Waals surface area contributed by atoms with E-state index in [4.69, 9.17) is 0 Å². The fourth-order valence-electron chi connectivity index (χ4n) is 3.69. The average molecular weight is 351 g/mol. The van der Waals surface area contributed by atoms with Gasteiger partial charge in [0.2, 0.25) is 5.91 Å². The fourth-order valence-corrected chi connectivity index (χ4v) is 3.69. The fraction of sp³-hybridized carbons (Fsp3) is 0.450. The van der Waals surface area contributed by atoms with E-state index in [1.807, 2.05) is 18.3 Å². The Morgan fingerprint density at radius 3 is 3.00 bits per heavy atom. The number of aryl methyl sites for hydroxylation is 2. The number of amides is 1. The number of carbonyl (C=O) groups excluding carboxylic acids is 1. The molecule has 0 unspecified atom stereocenters. The van der Waals surface area contributed by atoms with Crippen molar-refractivity contribution >= 4 is 16.8 Å². The first kappa shape index (κ1) is 16.8. The van der Waals surface area contributed by atoms with Gasteiger partial charge in [0.25, 0.3) is 0 Å². The molecular weight excluding hydrogens is 326 g/mol. The average Bonchev–Trinajstić information content (AvgIpc) is 3.16. The van der Waals surface area contributed by atoms with Crippen LogP contribution >= 0.6 is 0 Å². The third-order valence-electron chi connectivity index (χ3n) is 5.12. The van der Waals surface area contributed by atoms with Crippen LogP contribution in [0.2, 0.25) is 0 Å². The van der Waals surface area contributed by atoms with Crippen LogP contribution in [0.4, 0.5) is 0 Å². The highest BCUT2D eigenvalue weighted by molar-refractivity contribution is 5.80. The van der Waals surface area contributed by atoms with Gasteiger partial charge >= 0.3 is 0 Å². The summed E-state index contributed by atoms with van der Waals surface area (Å²) in [7, 11) is 0. The zero-order valence-electron chi connectivity index (χ0n) is 15.0. The number of nitrogens with zero attached hydrogens (tertiary/aromatic N) is 4. The Morgan fingerprint density at radius 1 is 1.12 bits per heavy atom. The lowest BCUT2D eigenvalue weighted by Gasteiger charge is -2.09. The minimum absolute atomic E-state index is 0.0818. The summed E-state index contributed by atoms with van der Waals surface area (Å²) in [6, 6.07) is 10.3. The van der Waals surface area contributed by atoms with Crippen molar-refractivity contribution in [2.45, 2.75) is 51.6 Å². The van der Waals surface area contributed by atoms with E-state index < -0.39 is 0 Å². The molecule has 1 amide bonds. The van der Waals surface area contributed by atoms with Crippen molar-refractivity contribution in [3.63, 3.8) is 0 Å². The van der Waals surface area contributed by atoms with Gasteiger partial charge in [-0.25, -0.2) is 0 Å². The van der Waals surface area contributed by atoms with Gasteiger partial charge in [-0.3, -0.25) is 4.79 Å². The molecule has 1 aliphatic rings. The van der Waals surface area contributed by atoms with Crippen molar-refractivity contribution in [1.29, 1.82) is 0 Å². The number of para-hydroxylation sites is 1. The van der Waals surface area contributed by atoms with Gasteiger partial charge in [-0.1, -0.05) is 24.6 Å². The van der Waals surface area contributed by atoms with Gasteiger partial charge in [0.15, 0.2) is 0 Å². The number of benzene rings is 1. The molecule has 0 spiro atoms. The molecule has 6 nitrogen and oxygen atoms in total. The van der Waals surface area contributed by atoms with Crippen molar-refractivity contribution in [2.75, 3.05) is 6.54 Å². The standard InChI is InChI=1S/C20H25N5O/c26-20(11-15-24-14-10-16-6-3-4-7-17(16)24)21-12-9-19-23-22-18-8-2-1-5-13-25(18)19/h3-4,6-7,10,14H,1-2,5,8-9,11-13,15H2,(H,21,26). The van der Waals surface area contributed by atoms with Crippen LogP contribution in [0.3, 0.4) is 0 Å². The number of fused-ring (bicyclic) bond motifs is 2. The minimum atomic E-state index is 0.0818. The number of aromatic nitrogens is 4. The summed E-state index contributed by atoms with van der Waals surface area (Å²) in [5.74, 6) is 2.18. The Kier molecular flexibility index (Phi) is 5.00. The number of hydrogen-bond acceptors (Lipinski definition) is 3. The number of nitrogens with one attached hydrogen (secondary N) is 1. The second-order valence-electron chi connectivity index (χ2n) is 6.91. The first-order valence-corrected chi connectivity index (χ1v) is 9.53. The molecule has 0 atom stereocenters. The first-order chi connectivity index (χ1) is 12.8. The van der Waals surface area contributed by atoms with Crippen LogP contribution in [-0.2, 0) is 30.7 Å². The van der Waals surface area contributed by atoms with E-state index in [1.165, 1.54) is 30.2 Å². The van der Waals surface area contributed by atoms with Gasteiger partial charge in [-0.15, -0.1) is 10.2 Å². The third kappa shape index (κ3) is 3.64. The molecule has 0 bridgehead atoms. The highest BCUT2D eigenvalue weighted by Crippen LogP contribution is 2.16. The smallest absolute Gasteiger partial charge is 0.221 e. The molecule has 0 radical (unpaired) electrons. The molecular formula is C20H25N5O. The van der Waals surface area contributed by atoms with Gasteiger partial charge in [0.05, 0.1) is 0 Å². The van der Waals surface area contributed by atoms with Gasteiger partial charge < -0.3 is 14.5 Å². The Labute approximate surface area is 153 Å². The van der Waals surface area contributed by atoms with E-state index in [-0.39, 0.29) is 5.91 Å². The molecule has 0 fully saturated rings. The van der Waals surface area contributed by atoms with E-state index in [2.05, 4.69) is 42.8 Å². The summed E-state index contributed by atoms with van der Waals surface area (Å²) in [6.07, 6.45) is 7.93. The Balaban J connectivity index is 1.26. The van der Waals surface area contributed by atoms with Crippen LogP contribution in [0.1, 0.15) is 37.3 Å². The molecule has 1 aromatic carbocycles. The SMILES string of the molecule is O=C(CCn1ccc2ccccc21)NCCc1nnc2n1CCCCC2. The summed E-state index contributed by atoms with van der Waals surface area (Å²) in [5.41, 5.74) is 1.17. The lowest BCUT2D eigenvalue weighted by Crippen LogP contribution is -2.27. The predicted octanol–water partition coefficient (Wildman–Crippen LogP) is 2.71. The number of carbonyl (C=O) groups is 1. The summed E-state index contributed by atoms with van der Waals surface area (Å²) < 4.78 is 4.37. The Morgan fingerprint density at radius 2 is 2.04 bits per heavy atom. The van der Waals surface area contributed by atoms with Gasteiger partial charge in [0.1, 0.15) is 11.6 Å². The Bertz CT molecular complexity index is 895. The second kappa shape index (κ2) is 7.72. The highest BCUT2D eigenvalue weighted by Gasteiger charge is 2.14. The van der Waals surface area contributed by atoms with E-state index in [9.17, 15) is 4.79 Å². The van der Waals surface area contributed by atoms with Crippen molar-refractivity contribution in [2.24, 2.45) is 0 Å². The Hall–Kier alpha value is -2.63. The summed E-state index contributed by atoms with van der Waals surface area (Å²) >= 11 is 0. The van der Waals surface area contributed by atoms with Crippen LogP contribution < -0.4 is 5.32 Å². The molecule has 26 heavy (non-hydrogen) atoms. The third-order valence-corrected chi connectivity index (χ3v) is 5.12. The van der Waals surface area contributed by atoms with Gasteiger partial charge in [-0.2, -0.15) is 0 Å². The van der Waals surface area contributed by atoms with Crippen molar-refractivity contribution in [1.82, 2.24) is 24.6 Å². The number of hydrogen-bond donors (Lipinski definition) is 1. The second-order valence-corrected chi connectivity index (χ2v) is 6.91. The lowest BCUT2D eigenvalue weighted by atomic mass is 10.2. The molecule has 136 valence electrons. The maximum Gasteiger partial charge on any atom is 0.221 e. The maximum absolute atomic E-state index is 12.2. The van der Waals surface area contributed by atoms with E-state index in [0.717, 1.165) is 31.0 Å². The van der Waals surface area contributed by atoms with E-state index >= 15 is 0 Å². The van der Waals surface area contributed by atoms with E-state index in [1.54, 1.807) is 0 Å². The first-order valence-electron chi connectivity index (χ1n) is 9.53. The van der Waals surface area contributed by atoms with Gasteiger partial charge in [0, 0.05) is 50.6 Å². The zero-order valence-corrected chi connectivity index (χ0v) is 15.0. The van der Waals surface area contributed by atoms with E-state index in [0.29, 0.717) is 19.5 Å². The lowest BCUT2D eigenvalue weighted by molar-refractivity contribution is -0.121. The molecule has 1 aliphatic heterocycles. The number of rotatable bonds is 6. The monoisotopic (exact) mass is 351 g/mol. The molecule has 0 aliphatic carbocycles. The highest BCUT2D eigenvalue weighted by atomic mass is 16.1. The quantitative estimate of drug-likeness (QED) is 0.743. The largest absolute Gasteiger partial charge is 0.356 e. The zero-order chi connectivity index (χ0) is 17.8. The van der Waals surface area contributed by atoms with Crippen LogP contribution in [0, 0.1) is 0 Å². The molecule has 0 saturated heterocycles. The van der Waals surface area contributed by atoms with Crippen molar-refractivity contribution < 1.29 is 4.79 Å². The van der Waals surface area contributed by atoms with Crippen molar-refractivity contribution in [3.8, 4) is 0 Å². The van der Waals surface area contributed by atoms with Crippen LogP contribution in [0.15, 0.2) is 36.5 Å². The predicted molar refractivity (Wildman–Crippen MR) is 101 cm³/mol. The normalized spacial score (nSPS) is 14.2. The summed E-state index contributed by atoms with van der Waals surface area (Å²) in [6.45, 7) is 2.31. The molecule has 2 aromatic heterocycles. The summed E-state index contributed by atoms with van der Waals surface area (Å²) in [4.78, 5) is 12.2. The maximum atomic E-state index is 12.2. The van der Waals surface area contributed by atoms with Crippen LogP contribution in [0.25, 0.3) is 10.9 Å². The van der Waals surface area contributed by atoms with Crippen molar-refractivity contribution in [3.05, 3.63) is 48.2 Å². The molecule has 3 aromatic rings. The molecule has 1 N–H and O–H groups in total. The molecule has 6 heteroatoms.